The van der Waals surface area contributed by atoms with Crippen molar-refractivity contribution in [2.45, 2.75) is 24.3 Å². The zero-order valence-corrected chi connectivity index (χ0v) is 19.4. The van der Waals surface area contributed by atoms with E-state index in [0.29, 0.717) is 41.8 Å². The first-order valence-electron chi connectivity index (χ1n) is 10.2. The van der Waals surface area contributed by atoms with Gasteiger partial charge in [-0.05, 0) is 54.8 Å². The molecule has 1 aromatic heterocycles. The number of nitrogens with zero attached hydrogens (tertiary/aromatic N) is 3. The number of piperidine rings is 1. The maximum atomic E-state index is 13.0. The highest BCUT2D eigenvalue weighted by atomic mass is 35.5. The molecule has 4 rings (SSSR count). The minimum atomic E-state index is -3.69. The average Bonchev–Trinajstić information content (AvgIpc) is 3.22. The normalized spacial score (nSPS) is 17.2. The summed E-state index contributed by atoms with van der Waals surface area (Å²) in [4.78, 5) is 13.1. The molecule has 0 radical (unpaired) electrons. The predicted molar refractivity (Wildman–Crippen MR) is 124 cm³/mol. The molecule has 1 amide bonds. The minimum absolute atomic E-state index is 0.127. The van der Waals surface area contributed by atoms with Crippen molar-refractivity contribution in [2.24, 2.45) is 5.92 Å². The molecular formula is C22H22Cl2N4O3S. The van der Waals surface area contributed by atoms with Crippen LogP contribution in [-0.4, -0.2) is 41.5 Å². The van der Waals surface area contributed by atoms with Gasteiger partial charge in [0, 0.05) is 29.2 Å². The third-order valence-electron chi connectivity index (χ3n) is 5.42. The van der Waals surface area contributed by atoms with Gasteiger partial charge in [-0.2, -0.15) is 9.40 Å². The molecule has 7 nitrogen and oxygen atoms in total. The van der Waals surface area contributed by atoms with Crippen molar-refractivity contribution in [3.05, 3.63) is 76.4 Å². The van der Waals surface area contributed by atoms with E-state index >= 15 is 0 Å². The molecule has 1 aliphatic heterocycles. The Labute approximate surface area is 197 Å². The summed E-state index contributed by atoms with van der Waals surface area (Å²) in [6.45, 7) is 0.979. The van der Waals surface area contributed by atoms with Gasteiger partial charge in [0.05, 0.1) is 23.6 Å². The van der Waals surface area contributed by atoms with E-state index in [-0.39, 0.29) is 17.3 Å². The van der Waals surface area contributed by atoms with Crippen LogP contribution >= 0.6 is 23.2 Å². The van der Waals surface area contributed by atoms with E-state index in [1.165, 1.54) is 16.4 Å². The Morgan fingerprint density at radius 1 is 1.03 bits per heavy atom. The molecule has 168 valence electrons. The third kappa shape index (κ3) is 5.15. The highest BCUT2D eigenvalue weighted by Gasteiger charge is 2.33. The Balaban J connectivity index is 1.44. The van der Waals surface area contributed by atoms with Crippen LogP contribution in [0.3, 0.4) is 0 Å². The average molecular weight is 493 g/mol. The van der Waals surface area contributed by atoms with Crippen molar-refractivity contribution in [1.29, 1.82) is 0 Å². The van der Waals surface area contributed by atoms with Gasteiger partial charge >= 0.3 is 0 Å². The summed E-state index contributed by atoms with van der Waals surface area (Å²) in [7, 11) is -3.69. The number of hydrogen-bond acceptors (Lipinski definition) is 4. The van der Waals surface area contributed by atoms with E-state index in [0.717, 1.165) is 5.56 Å². The molecule has 32 heavy (non-hydrogen) atoms. The summed E-state index contributed by atoms with van der Waals surface area (Å²) in [5.41, 5.74) is 0.992. The van der Waals surface area contributed by atoms with E-state index in [4.69, 9.17) is 23.2 Å². The van der Waals surface area contributed by atoms with Gasteiger partial charge in [-0.3, -0.25) is 4.79 Å². The number of anilines is 1. The van der Waals surface area contributed by atoms with E-state index < -0.39 is 15.9 Å². The zero-order chi connectivity index (χ0) is 22.7. The fourth-order valence-corrected chi connectivity index (χ4v) is 5.46. The summed E-state index contributed by atoms with van der Waals surface area (Å²) in [5.74, 6) is -0.119. The first kappa shape index (κ1) is 22.8. The van der Waals surface area contributed by atoms with Crippen molar-refractivity contribution < 1.29 is 13.2 Å². The molecule has 0 bridgehead atoms. The number of benzene rings is 2. The third-order valence-corrected chi connectivity index (χ3v) is 7.80. The highest BCUT2D eigenvalue weighted by molar-refractivity contribution is 7.89. The maximum Gasteiger partial charge on any atom is 0.243 e. The summed E-state index contributed by atoms with van der Waals surface area (Å²) in [6.07, 6.45) is 2.84. The maximum absolute atomic E-state index is 13.0. The second kappa shape index (κ2) is 9.62. The Hall–Kier alpha value is -2.39. The van der Waals surface area contributed by atoms with Crippen LogP contribution in [0.25, 0.3) is 0 Å². The Morgan fingerprint density at radius 3 is 2.38 bits per heavy atom. The number of aromatic nitrogens is 2. The first-order valence-corrected chi connectivity index (χ1v) is 12.4. The molecule has 1 aliphatic rings. The van der Waals surface area contributed by atoms with Crippen molar-refractivity contribution in [1.82, 2.24) is 14.1 Å². The van der Waals surface area contributed by atoms with Crippen molar-refractivity contribution in [2.75, 3.05) is 18.4 Å². The van der Waals surface area contributed by atoms with E-state index in [1.807, 2.05) is 12.1 Å². The molecule has 0 saturated carbocycles. The second-order valence-corrected chi connectivity index (χ2v) is 10.5. The van der Waals surface area contributed by atoms with Gasteiger partial charge in [-0.1, -0.05) is 35.3 Å². The van der Waals surface area contributed by atoms with Crippen LogP contribution in [0, 0.1) is 5.92 Å². The quantitative estimate of drug-likeness (QED) is 0.556. The molecule has 1 N–H and O–H groups in total. The molecule has 3 aromatic rings. The van der Waals surface area contributed by atoms with Crippen molar-refractivity contribution in [3.8, 4) is 0 Å². The summed E-state index contributed by atoms with van der Waals surface area (Å²) < 4.78 is 29.0. The lowest BCUT2D eigenvalue weighted by molar-refractivity contribution is -0.120. The van der Waals surface area contributed by atoms with Gasteiger partial charge in [0.25, 0.3) is 0 Å². The molecule has 1 saturated heterocycles. The van der Waals surface area contributed by atoms with Gasteiger partial charge in [0.2, 0.25) is 15.9 Å². The SMILES string of the molecule is O=C(Nc1ccnn1Cc1ccc(Cl)cc1)C1CCCN(S(=O)(=O)c2ccc(Cl)cc2)C1. The van der Waals surface area contributed by atoms with Gasteiger partial charge in [0.1, 0.15) is 5.82 Å². The Bertz CT molecular complexity index is 1190. The molecular weight excluding hydrogens is 471 g/mol. The summed E-state index contributed by atoms with van der Waals surface area (Å²) in [5, 5.41) is 8.31. The lowest BCUT2D eigenvalue weighted by atomic mass is 9.99. The molecule has 1 atom stereocenters. The summed E-state index contributed by atoms with van der Waals surface area (Å²) in [6, 6.07) is 15.2. The van der Waals surface area contributed by atoms with Gasteiger partial charge in [-0.15, -0.1) is 0 Å². The smallest absolute Gasteiger partial charge is 0.243 e. The van der Waals surface area contributed by atoms with Crippen LogP contribution in [0.2, 0.25) is 10.0 Å². The molecule has 0 aliphatic carbocycles. The number of carbonyl (C=O) groups excluding carboxylic acids is 1. The van der Waals surface area contributed by atoms with Crippen LogP contribution in [0.1, 0.15) is 18.4 Å². The topological polar surface area (TPSA) is 84.3 Å². The molecule has 2 heterocycles. The number of sulfonamides is 1. The molecule has 0 spiro atoms. The standard InChI is InChI=1S/C22H22Cl2N4O3S/c23-18-5-3-16(4-6-18)14-28-21(11-12-25-28)26-22(29)17-2-1-13-27(15-17)32(30,31)20-9-7-19(24)8-10-20/h3-12,17H,1-2,13-15H2,(H,26,29). The minimum Gasteiger partial charge on any atom is -0.311 e. The Kier molecular flexibility index (Phi) is 6.85. The number of hydrogen-bond donors (Lipinski definition) is 1. The van der Waals surface area contributed by atoms with Gasteiger partial charge < -0.3 is 5.32 Å². The van der Waals surface area contributed by atoms with Crippen LogP contribution in [0.15, 0.2) is 65.7 Å². The monoisotopic (exact) mass is 492 g/mol. The van der Waals surface area contributed by atoms with Crippen LogP contribution in [0.5, 0.6) is 0 Å². The van der Waals surface area contributed by atoms with Gasteiger partial charge in [0.15, 0.2) is 0 Å². The number of amides is 1. The molecule has 1 unspecified atom stereocenters. The first-order chi connectivity index (χ1) is 15.3. The number of carbonyl (C=O) groups is 1. The Morgan fingerprint density at radius 2 is 1.69 bits per heavy atom. The molecule has 10 heteroatoms. The van der Waals surface area contributed by atoms with Crippen molar-refractivity contribution >= 4 is 45.0 Å². The molecule has 1 fully saturated rings. The van der Waals surface area contributed by atoms with E-state index in [9.17, 15) is 13.2 Å². The largest absolute Gasteiger partial charge is 0.311 e. The number of nitrogens with one attached hydrogen (secondary N) is 1. The fourth-order valence-electron chi connectivity index (χ4n) is 3.69. The predicted octanol–water partition coefficient (Wildman–Crippen LogP) is 4.28. The molecule has 2 aromatic carbocycles. The van der Waals surface area contributed by atoms with E-state index in [1.54, 1.807) is 41.2 Å². The second-order valence-electron chi connectivity index (χ2n) is 7.65. The lowest BCUT2D eigenvalue weighted by Crippen LogP contribution is -2.43. The number of rotatable bonds is 6. The van der Waals surface area contributed by atoms with E-state index in [2.05, 4.69) is 10.4 Å². The van der Waals surface area contributed by atoms with Gasteiger partial charge in [-0.25, -0.2) is 13.1 Å². The highest BCUT2D eigenvalue weighted by Crippen LogP contribution is 2.26. The zero-order valence-electron chi connectivity index (χ0n) is 17.1. The fraction of sp³-hybridized carbons (Fsp3) is 0.273. The number of halogens is 2. The van der Waals surface area contributed by atoms with Crippen LogP contribution in [-0.2, 0) is 21.4 Å². The van der Waals surface area contributed by atoms with Crippen LogP contribution < -0.4 is 5.32 Å². The summed E-state index contributed by atoms with van der Waals surface area (Å²) >= 11 is 11.8. The van der Waals surface area contributed by atoms with Crippen LogP contribution in [0.4, 0.5) is 5.82 Å². The van der Waals surface area contributed by atoms with Crippen molar-refractivity contribution in [3.63, 3.8) is 0 Å². The lowest BCUT2D eigenvalue weighted by Gasteiger charge is -2.31.